The molecule has 0 bridgehead atoms. The molecule has 0 saturated heterocycles. The van der Waals surface area contributed by atoms with Gasteiger partial charge in [-0.2, -0.15) is 0 Å². The quantitative estimate of drug-likeness (QED) is 0.729. The molecule has 3 aromatic rings. The standard InChI is InChI=1S/C17H20N2OS/c1-3-9-18-15(13-8-10-20-12(13)2)11-17-19-14-6-4-5-7-16(14)21-17/h4-8,10,15,18H,3,9,11H2,1-2H3. The molecule has 2 aromatic heterocycles. The number of rotatable bonds is 6. The summed E-state index contributed by atoms with van der Waals surface area (Å²) in [6, 6.07) is 10.6. The van der Waals surface area contributed by atoms with Crippen LogP contribution in [0.1, 0.15) is 35.7 Å². The molecule has 0 radical (unpaired) electrons. The molecule has 0 fully saturated rings. The molecule has 2 heterocycles. The first kappa shape index (κ1) is 14.3. The van der Waals surface area contributed by atoms with Crippen LogP contribution in [0.2, 0.25) is 0 Å². The Balaban J connectivity index is 1.85. The van der Waals surface area contributed by atoms with E-state index in [1.807, 2.05) is 13.0 Å². The number of hydrogen-bond acceptors (Lipinski definition) is 4. The van der Waals surface area contributed by atoms with Crippen molar-refractivity contribution in [3.63, 3.8) is 0 Å². The predicted octanol–water partition coefficient (Wildman–Crippen LogP) is 4.48. The van der Waals surface area contributed by atoms with Crippen LogP contribution in [0.15, 0.2) is 41.0 Å². The van der Waals surface area contributed by atoms with Gasteiger partial charge in [0.05, 0.1) is 21.5 Å². The minimum absolute atomic E-state index is 0.268. The first-order valence-electron chi connectivity index (χ1n) is 7.39. The Labute approximate surface area is 129 Å². The first-order chi connectivity index (χ1) is 10.3. The zero-order valence-electron chi connectivity index (χ0n) is 12.4. The Bertz CT molecular complexity index is 683. The second-order valence-corrected chi connectivity index (χ2v) is 6.33. The Morgan fingerprint density at radius 2 is 2.14 bits per heavy atom. The lowest BCUT2D eigenvalue weighted by Gasteiger charge is -2.16. The maximum absolute atomic E-state index is 5.47. The van der Waals surface area contributed by atoms with E-state index in [0.717, 1.165) is 30.7 Å². The van der Waals surface area contributed by atoms with Gasteiger partial charge in [0, 0.05) is 18.0 Å². The Kier molecular flexibility index (Phi) is 4.36. The molecule has 0 spiro atoms. The molecule has 1 unspecified atom stereocenters. The summed E-state index contributed by atoms with van der Waals surface area (Å²) in [6.45, 7) is 5.21. The normalized spacial score (nSPS) is 12.9. The number of para-hydroxylation sites is 1. The van der Waals surface area contributed by atoms with Crippen LogP contribution in [0.5, 0.6) is 0 Å². The first-order valence-corrected chi connectivity index (χ1v) is 8.21. The lowest BCUT2D eigenvalue weighted by atomic mass is 10.0. The van der Waals surface area contributed by atoms with Crippen LogP contribution in [0.25, 0.3) is 10.2 Å². The summed E-state index contributed by atoms with van der Waals surface area (Å²) >= 11 is 1.78. The number of benzene rings is 1. The van der Waals surface area contributed by atoms with Gasteiger partial charge in [-0.15, -0.1) is 11.3 Å². The van der Waals surface area contributed by atoms with Crippen molar-refractivity contribution in [2.24, 2.45) is 0 Å². The summed E-state index contributed by atoms with van der Waals surface area (Å²) in [7, 11) is 0. The van der Waals surface area contributed by atoms with E-state index in [1.54, 1.807) is 17.6 Å². The van der Waals surface area contributed by atoms with E-state index in [2.05, 4.69) is 36.5 Å². The molecule has 1 aromatic carbocycles. The fourth-order valence-corrected chi connectivity index (χ4v) is 3.56. The topological polar surface area (TPSA) is 38.1 Å². The highest BCUT2D eigenvalue weighted by molar-refractivity contribution is 7.18. The number of thiazole rings is 1. The van der Waals surface area contributed by atoms with Crippen LogP contribution in [-0.4, -0.2) is 11.5 Å². The highest BCUT2D eigenvalue weighted by atomic mass is 32.1. The number of hydrogen-bond donors (Lipinski definition) is 1. The molecule has 1 N–H and O–H groups in total. The molecule has 0 amide bonds. The molecule has 3 nitrogen and oxygen atoms in total. The zero-order valence-corrected chi connectivity index (χ0v) is 13.2. The third-order valence-electron chi connectivity index (χ3n) is 3.63. The van der Waals surface area contributed by atoms with Crippen LogP contribution in [0.4, 0.5) is 0 Å². The van der Waals surface area contributed by atoms with Gasteiger partial charge in [-0.1, -0.05) is 19.1 Å². The van der Waals surface area contributed by atoms with Gasteiger partial charge in [-0.05, 0) is 38.1 Å². The third kappa shape index (κ3) is 3.17. The molecular formula is C17H20N2OS. The van der Waals surface area contributed by atoms with E-state index in [1.165, 1.54) is 15.3 Å². The third-order valence-corrected chi connectivity index (χ3v) is 4.69. The second kappa shape index (κ2) is 6.41. The van der Waals surface area contributed by atoms with Gasteiger partial charge in [0.15, 0.2) is 0 Å². The van der Waals surface area contributed by atoms with Crippen LogP contribution in [-0.2, 0) is 6.42 Å². The summed E-state index contributed by atoms with van der Waals surface area (Å²) in [5.41, 5.74) is 2.33. The van der Waals surface area contributed by atoms with Crippen molar-refractivity contribution in [1.29, 1.82) is 0 Å². The fraction of sp³-hybridized carbons (Fsp3) is 0.353. The smallest absolute Gasteiger partial charge is 0.105 e. The van der Waals surface area contributed by atoms with Gasteiger partial charge >= 0.3 is 0 Å². The molecule has 3 rings (SSSR count). The number of aromatic nitrogens is 1. The van der Waals surface area contributed by atoms with Crippen molar-refractivity contribution in [2.75, 3.05) is 6.54 Å². The van der Waals surface area contributed by atoms with Gasteiger partial charge in [-0.25, -0.2) is 4.98 Å². The number of nitrogens with one attached hydrogen (secondary N) is 1. The number of aryl methyl sites for hydroxylation is 1. The van der Waals surface area contributed by atoms with Crippen molar-refractivity contribution in [3.8, 4) is 0 Å². The van der Waals surface area contributed by atoms with E-state index >= 15 is 0 Å². The van der Waals surface area contributed by atoms with Gasteiger partial charge in [0.1, 0.15) is 5.76 Å². The molecule has 0 aliphatic heterocycles. The van der Waals surface area contributed by atoms with Gasteiger partial charge < -0.3 is 9.73 Å². The van der Waals surface area contributed by atoms with Crippen LogP contribution in [0.3, 0.4) is 0 Å². The van der Waals surface area contributed by atoms with E-state index in [9.17, 15) is 0 Å². The van der Waals surface area contributed by atoms with E-state index < -0.39 is 0 Å². The lowest BCUT2D eigenvalue weighted by Crippen LogP contribution is -2.24. The van der Waals surface area contributed by atoms with Crippen molar-refractivity contribution in [3.05, 3.63) is 52.9 Å². The molecule has 4 heteroatoms. The maximum atomic E-state index is 5.47. The average molecular weight is 300 g/mol. The highest BCUT2D eigenvalue weighted by Gasteiger charge is 2.17. The number of fused-ring (bicyclic) bond motifs is 1. The van der Waals surface area contributed by atoms with Crippen molar-refractivity contribution >= 4 is 21.6 Å². The minimum atomic E-state index is 0.268. The Morgan fingerprint density at radius 3 is 2.86 bits per heavy atom. The highest BCUT2D eigenvalue weighted by Crippen LogP contribution is 2.27. The van der Waals surface area contributed by atoms with E-state index in [4.69, 9.17) is 9.40 Å². The largest absolute Gasteiger partial charge is 0.469 e. The molecule has 110 valence electrons. The van der Waals surface area contributed by atoms with Crippen molar-refractivity contribution < 1.29 is 4.42 Å². The monoisotopic (exact) mass is 300 g/mol. The number of nitrogens with zero attached hydrogens (tertiary/aromatic N) is 1. The molecule has 21 heavy (non-hydrogen) atoms. The maximum Gasteiger partial charge on any atom is 0.105 e. The molecular weight excluding hydrogens is 280 g/mol. The SMILES string of the molecule is CCCNC(Cc1nc2ccccc2s1)c1ccoc1C. The molecule has 1 atom stereocenters. The van der Waals surface area contributed by atoms with Gasteiger partial charge in [0.25, 0.3) is 0 Å². The average Bonchev–Trinajstić information content (AvgIpc) is 3.08. The predicted molar refractivity (Wildman–Crippen MR) is 87.8 cm³/mol. The molecule has 0 saturated carbocycles. The van der Waals surface area contributed by atoms with Crippen molar-refractivity contribution in [1.82, 2.24) is 10.3 Å². The lowest BCUT2D eigenvalue weighted by molar-refractivity contribution is 0.493. The summed E-state index contributed by atoms with van der Waals surface area (Å²) < 4.78 is 6.72. The van der Waals surface area contributed by atoms with Crippen molar-refractivity contribution in [2.45, 2.75) is 32.7 Å². The summed E-state index contributed by atoms with van der Waals surface area (Å²) in [5.74, 6) is 0.990. The number of furan rings is 1. The van der Waals surface area contributed by atoms with E-state index in [-0.39, 0.29) is 6.04 Å². The van der Waals surface area contributed by atoms with Gasteiger partial charge in [-0.3, -0.25) is 0 Å². The van der Waals surface area contributed by atoms with E-state index in [0.29, 0.717) is 0 Å². The van der Waals surface area contributed by atoms with Gasteiger partial charge in [0.2, 0.25) is 0 Å². The second-order valence-electron chi connectivity index (χ2n) is 5.22. The summed E-state index contributed by atoms with van der Waals surface area (Å²) in [5, 5.41) is 4.78. The Morgan fingerprint density at radius 1 is 1.29 bits per heavy atom. The molecule has 0 aliphatic rings. The summed E-state index contributed by atoms with van der Waals surface area (Å²) in [4.78, 5) is 4.75. The fourth-order valence-electron chi connectivity index (χ4n) is 2.55. The Hall–Kier alpha value is -1.65. The zero-order chi connectivity index (χ0) is 14.7. The summed E-state index contributed by atoms with van der Waals surface area (Å²) in [6.07, 6.45) is 3.79. The minimum Gasteiger partial charge on any atom is -0.469 e. The van der Waals surface area contributed by atoms with Crippen LogP contribution >= 0.6 is 11.3 Å². The van der Waals surface area contributed by atoms with Crippen LogP contribution in [0, 0.1) is 6.92 Å². The molecule has 0 aliphatic carbocycles. The van der Waals surface area contributed by atoms with Crippen LogP contribution < -0.4 is 5.32 Å².